The highest BCUT2D eigenvalue weighted by molar-refractivity contribution is 7.14. The lowest BCUT2D eigenvalue weighted by molar-refractivity contribution is 0.0796. The summed E-state index contributed by atoms with van der Waals surface area (Å²) in [4.78, 5) is 25.9. The standard InChI is InChI=1S/C25H27F2N5OS/c1-3-18-14(4-9-22(29-18)32-11-16-17(12-32)25(16,26)27)10-15-5-8-21(34-15)24(33)30-19-6-7-20-23(19)28-13-31(20)2/h4-5,8-9,13,16-17,19H,3,6-7,10-12H2,1-2H3,(H,30,33)/t16?,17?,19-/m1/s1. The predicted molar refractivity (Wildman–Crippen MR) is 127 cm³/mol. The van der Waals surface area contributed by atoms with E-state index in [2.05, 4.69) is 23.3 Å². The Hall–Kier alpha value is -2.81. The second-order valence-electron chi connectivity index (χ2n) is 9.62. The minimum absolute atomic E-state index is 0.0331. The molecule has 6 nitrogen and oxygen atoms in total. The zero-order chi connectivity index (χ0) is 23.6. The van der Waals surface area contributed by atoms with Crippen molar-refractivity contribution in [2.24, 2.45) is 18.9 Å². The van der Waals surface area contributed by atoms with Gasteiger partial charge in [-0.3, -0.25) is 4.79 Å². The molecule has 1 aliphatic heterocycles. The number of pyridine rings is 1. The lowest BCUT2D eigenvalue weighted by Gasteiger charge is -2.22. The number of hydrogen-bond acceptors (Lipinski definition) is 5. The normalized spacial score (nSPS) is 24.2. The molecule has 0 spiro atoms. The maximum absolute atomic E-state index is 13.5. The number of aromatic nitrogens is 3. The molecule has 0 aromatic carbocycles. The molecule has 1 saturated heterocycles. The molecule has 1 amide bonds. The molecule has 0 radical (unpaired) electrons. The van der Waals surface area contributed by atoms with Crippen molar-refractivity contribution in [2.75, 3.05) is 18.0 Å². The number of hydrogen-bond donors (Lipinski definition) is 1. The second kappa shape index (κ2) is 7.86. The average Bonchev–Trinajstić information content (AvgIpc) is 3.46. The van der Waals surface area contributed by atoms with Crippen molar-refractivity contribution in [1.29, 1.82) is 0 Å². The van der Waals surface area contributed by atoms with E-state index in [0.717, 1.165) is 46.9 Å². The minimum Gasteiger partial charge on any atom is -0.356 e. The zero-order valence-corrected chi connectivity index (χ0v) is 20.0. The van der Waals surface area contributed by atoms with E-state index >= 15 is 0 Å². The van der Waals surface area contributed by atoms with Crippen LogP contribution in [0.4, 0.5) is 14.6 Å². The summed E-state index contributed by atoms with van der Waals surface area (Å²) in [5.41, 5.74) is 4.27. The van der Waals surface area contributed by atoms with Gasteiger partial charge in [-0.1, -0.05) is 13.0 Å². The fraction of sp³-hybridized carbons (Fsp3) is 0.480. The first-order valence-electron chi connectivity index (χ1n) is 11.9. The summed E-state index contributed by atoms with van der Waals surface area (Å²) in [6.07, 6.45) is 5.08. The Morgan fingerprint density at radius 1 is 1.24 bits per heavy atom. The summed E-state index contributed by atoms with van der Waals surface area (Å²) >= 11 is 1.50. The highest BCUT2D eigenvalue weighted by atomic mass is 32.1. The number of aryl methyl sites for hydroxylation is 2. The first-order chi connectivity index (χ1) is 16.3. The monoisotopic (exact) mass is 483 g/mol. The van der Waals surface area contributed by atoms with Crippen LogP contribution in [0.25, 0.3) is 0 Å². The van der Waals surface area contributed by atoms with E-state index in [0.29, 0.717) is 24.4 Å². The van der Waals surface area contributed by atoms with Gasteiger partial charge < -0.3 is 14.8 Å². The Balaban J connectivity index is 1.12. The van der Waals surface area contributed by atoms with Gasteiger partial charge in [-0.25, -0.2) is 18.7 Å². The number of thiophene rings is 1. The maximum Gasteiger partial charge on any atom is 0.261 e. The Morgan fingerprint density at radius 2 is 2.03 bits per heavy atom. The summed E-state index contributed by atoms with van der Waals surface area (Å²) in [7, 11) is 1.99. The zero-order valence-electron chi connectivity index (χ0n) is 19.2. The SMILES string of the molecule is CCc1nc(N2CC3C(C2)C3(F)F)ccc1Cc1ccc(C(=O)N[C@@H]2CCc3c2ncn3C)s1. The molecule has 2 aliphatic carbocycles. The van der Waals surface area contributed by atoms with E-state index in [1.54, 1.807) is 6.33 Å². The average molecular weight is 484 g/mol. The fourth-order valence-electron chi connectivity index (χ4n) is 5.50. The lowest BCUT2D eigenvalue weighted by Crippen LogP contribution is -2.28. The third-order valence-corrected chi connectivity index (χ3v) is 8.64. The van der Waals surface area contributed by atoms with Crippen LogP contribution in [0.2, 0.25) is 0 Å². The van der Waals surface area contributed by atoms with Crippen molar-refractivity contribution < 1.29 is 13.6 Å². The van der Waals surface area contributed by atoms with Gasteiger partial charge in [0.25, 0.3) is 11.8 Å². The number of anilines is 1. The van der Waals surface area contributed by atoms with Crippen LogP contribution < -0.4 is 10.2 Å². The highest BCUT2D eigenvalue weighted by Crippen LogP contribution is 2.59. The Kier molecular flexibility index (Phi) is 5.02. The van der Waals surface area contributed by atoms with Gasteiger partial charge in [-0.15, -0.1) is 11.3 Å². The Morgan fingerprint density at radius 3 is 2.79 bits per heavy atom. The summed E-state index contributed by atoms with van der Waals surface area (Å²) in [5, 5.41) is 3.14. The van der Waals surface area contributed by atoms with Gasteiger partial charge in [0.05, 0.1) is 34.8 Å². The third-order valence-electron chi connectivity index (χ3n) is 7.56. The molecule has 178 valence electrons. The van der Waals surface area contributed by atoms with Crippen LogP contribution in [0, 0.1) is 11.8 Å². The summed E-state index contributed by atoms with van der Waals surface area (Å²) in [5.74, 6) is -2.77. The van der Waals surface area contributed by atoms with Crippen molar-refractivity contribution in [3.63, 3.8) is 0 Å². The molecule has 3 aliphatic rings. The fourth-order valence-corrected chi connectivity index (χ4v) is 6.43. The molecule has 34 heavy (non-hydrogen) atoms. The predicted octanol–water partition coefficient (Wildman–Crippen LogP) is 4.15. The Bertz CT molecular complexity index is 1250. The van der Waals surface area contributed by atoms with Gasteiger partial charge in [0, 0.05) is 42.8 Å². The van der Waals surface area contributed by atoms with E-state index in [1.807, 2.05) is 34.7 Å². The number of nitrogens with zero attached hydrogens (tertiary/aromatic N) is 4. The molecule has 3 aromatic rings. The minimum atomic E-state index is -2.48. The number of carbonyl (C=O) groups is 1. The molecule has 6 rings (SSSR count). The maximum atomic E-state index is 13.5. The third kappa shape index (κ3) is 3.52. The number of amides is 1. The van der Waals surface area contributed by atoms with Crippen molar-refractivity contribution >= 4 is 23.1 Å². The van der Waals surface area contributed by atoms with Crippen LogP contribution in [0.1, 0.15) is 56.6 Å². The van der Waals surface area contributed by atoms with E-state index in [9.17, 15) is 13.6 Å². The van der Waals surface area contributed by atoms with Crippen molar-refractivity contribution in [2.45, 2.75) is 44.6 Å². The number of alkyl halides is 2. The molecule has 2 unspecified atom stereocenters. The van der Waals surface area contributed by atoms with Gasteiger partial charge >= 0.3 is 0 Å². The number of rotatable bonds is 6. The van der Waals surface area contributed by atoms with Crippen LogP contribution in [-0.2, 0) is 26.3 Å². The first kappa shape index (κ1) is 21.7. The summed E-state index contributed by atoms with van der Waals surface area (Å²) in [6, 6.07) is 7.86. The quantitative estimate of drug-likeness (QED) is 0.572. The number of carbonyl (C=O) groups excluding carboxylic acids is 1. The molecule has 1 N–H and O–H groups in total. The second-order valence-corrected chi connectivity index (χ2v) is 10.8. The number of piperidine rings is 1. The van der Waals surface area contributed by atoms with Crippen molar-refractivity contribution in [3.8, 4) is 0 Å². The molecule has 3 atom stereocenters. The molecule has 4 heterocycles. The van der Waals surface area contributed by atoms with Crippen LogP contribution >= 0.6 is 11.3 Å². The Labute approximate surface area is 201 Å². The molecule has 0 bridgehead atoms. The van der Waals surface area contributed by atoms with E-state index in [1.165, 1.54) is 17.0 Å². The van der Waals surface area contributed by atoms with E-state index in [-0.39, 0.29) is 11.9 Å². The highest BCUT2D eigenvalue weighted by Gasteiger charge is 2.71. The first-order valence-corrected chi connectivity index (χ1v) is 12.7. The molecular weight excluding hydrogens is 456 g/mol. The van der Waals surface area contributed by atoms with Crippen LogP contribution in [0.15, 0.2) is 30.6 Å². The van der Waals surface area contributed by atoms with E-state index < -0.39 is 17.8 Å². The molecule has 2 fully saturated rings. The smallest absolute Gasteiger partial charge is 0.261 e. The lowest BCUT2D eigenvalue weighted by atomic mass is 10.1. The van der Waals surface area contributed by atoms with Gasteiger partial charge in [0.1, 0.15) is 5.82 Å². The van der Waals surface area contributed by atoms with Crippen molar-refractivity contribution in [3.05, 3.63) is 63.0 Å². The largest absolute Gasteiger partial charge is 0.356 e. The van der Waals surface area contributed by atoms with Crippen LogP contribution in [0.5, 0.6) is 0 Å². The van der Waals surface area contributed by atoms with Gasteiger partial charge in [-0.2, -0.15) is 0 Å². The summed E-state index contributed by atoms with van der Waals surface area (Å²) in [6.45, 7) is 2.83. The van der Waals surface area contributed by atoms with Gasteiger partial charge in [-0.05, 0) is 43.0 Å². The summed E-state index contributed by atoms with van der Waals surface area (Å²) < 4.78 is 29.1. The van der Waals surface area contributed by atoms with E-state index in [4.69, 9.17) is 4.98 Å². The molecular formula is C25H27F2N5OS. The number of fused-ring (bicyclic) bond motifs is 2. The molecule has 9 heteroatoms. The number of halogens is 2. The van der Waals surface area contributed by atoms with Gasteiger partial charge in [0.2, 0.25) is 0 Å². The van der Waals surface area contributed by atoms with Crippen LogP contribution in [-0.4, -0.2) is 39.5 Å². The number of imidazole rings is 1. The van der Waals surface area contributed by atoms with Crippen molar-refractivity contribution in [1.82, 2.24) is 19.9 Å². The number of nitrogens with one attached hydrogen (secondary N) is 1. The van der Waals surface area contributed by atoms with Gasteiger partial charge in [0.15, 0.2) is 0 Å². The molecule has 1 saturated carbocycles. The van der Waals surface area contributed by atoms with Crippen LogP contribution in [0.3, 0.4) is 0 Å². The topological polar surface area (TPSA) is 63.1 Å². The molecule has 3 aromatic heterocycles.